The summed E-state index contributed by atoms with van der Waals surface area (Å²) in [4.78, 5) is 21.0. The van der Waals surface area contributed by atoms with Crippen molar-refractivity contribution in [1.29, 1.82) is 0 Å². The number of hydrogen-bond acceptors (Lipinski definition) is 5. The second kappa shape index (κ2) is 10.5. The van der Waals surface area contributed by atoms with E-state index >= 15 is 0 Å². The minimum absolute atomic E-state index is 0.0198. The summed E-state index contributed by atoms with van der Waals surface area (Å²) >= 11 is 6.03. The number of hydrogen-bond donors (Lipinski definition) is 2. The molecule has 0 aromatic carbocycles. The quantitative estimate of drug-likeness (QED) is 0.297. The normalized spacial score (nSPS) is 17.4. The average molecular weight is 436 g/mol. The molecule has 11 heteroatoms. The fourth-order valence-electron chi connectivity index (χ4n) is 2.98. The number of nitrogens with one attached hydrogen (secondary N) is 2. The predicted molar refractivity (Wildman–Crippen MR) is 105 cm³/mol. The summed E-state index contributed by atoms with van der Waals surface area (Å²) in [5.74, 6) is 0.741. The van der Waals surface area contributed by atoms with Gasteiger partial charge in [0.1, 0.15) is 5.82 Å². The molecule has 1 aliphatic heterocycles. The zero-order chi connectivity index (χ0) is 21.4. The van der Waals surface area contributed by atoms with Gasteiger partial charge in [-0.3, -0.25) is 9.79 Å². The first-order valence-electron chi connectivity index (χ1n) is 9.26. The summed E-state index contributed by atoms with van der Waals surface area (Å²) in [6, 6.07) is 0.954. The number of nitrogens with zero attached hydrogens (tertiary/aromatic N) is 3. The zero-order valence-electron chi connectivity index (χ0n) is 16.4. The van der Waals surface area contributed by atoms with E-state index in [1.165, 1.54) is 7.11 Å². The molecule has 0 radical (unpaired) electrons. The third-order valence-corrected chi connectivity index (χ3v) is 4.81. The van der Waals surface area contributed by atoms with Crippen molar-refractivity contribution in [2.75, 3.05) is 38.7 Å². The van der Waals surface area contributed by atoms with Gasteiger partial charge in [-0.15, -0.1) is 0 Å². The van der Waals surface area contributed by atoms with Crippen molar-refractivity contribution in [3.63, 3.8) is 0 Å². The first-order chi connectivity index (χ1) is 13.7. The van der Waals surface area contributed by atoms with Crippen molar-refractivity contribution >= 4 is 29.3 Å². The van der Waals surface area contributed by atoms with Crippen LogP contribution in [0.1, 0.15) is 31.2 Å². The molecule has 1 fully saturated rings. The topological polar surface area (TPSA) is 78.8 Å². The number of ether oxygens (including phenoxy) is 1. The van der Waals surface area contributed by atoms with Crippen LogP contribution in [0.5, 0.6) is 0 Å². The number of guanidine groups is 1. The number of carbonyl (C=O) groups excluding carboxylic acids is 1. The Morgan fingerprint density at radius 1 is 1.45 bits per heavy atom. The lowest BCUT2D eigenvalue weighted by Crippen LogP contribution is -2.44. The van der Waals surface area contributed by atoms with Crippen LogP contribution in [-0.4, -0.2) is 56.7 Å². The van der Waals surface area contributed by atoms with Crippen molar-refractivity contribution in [3.8, 4) is 0 Å². The maximum atomic E-state index is 12.8. The molecule has 0 bridgehead atoms. The van der Waals surface area contributed by atoms with Gasteiger partial charge in [-0.25, -0.2) is 4.98 Å². The number of halogens is 4. The molecule has 1 aromatic heterocycles. The van der Waals surface area contributed by atoms with Gasteiger partial charge >= 0.3 is 12.1 Å². The van der Waals surface area contributed by atoms with Crippen LogP contribution < -0.4 is 15.5 Å². The molecule has 2 rings (SSSR count). The highest BCUT2D eigenvalue weighted by molar-refractivity contribution is 6.33. The Morgan fingerprint density at radius 2 is 2.21 bits per heavy atom. The molecule has 1 aliphatic rings. The van der Waals surface area contributed by atoms with E-state index in [1.54, 1.807) is 7.05 Å². The van der Waals surface area contributed by atoms with Crippen molar-refractivity contribution < 1.29 is 22.7 Å². The molecule has 2 N–H and O–H groups in total. The summed E-state index contributed by atoms with van der Waals surface area (Å²) in [6.45, 7) is 1.81. The van der Waals surface area contributed by atoms with Crippen LogP contribution in [0.2, 0.25) is 5.02 Å². The van der Waals surface area contributed by atoms with Crippen LogP contribution in [0.25, 0.3) is 0 Å². The highest BCUT2D eigenvalue weighted by Gasteiger charge is 2.33. The van der Waals surface area contributed by atoms with Gasteiger partial charge in [-0.2, -0.15) is 13.2 Å². The van der Waals surface area contributed by atoms with E-state index in [0.717, 1.165) is 25.1 Å². The number of methoxy groups -OCH3 is 1. The number of pyridine rings is 1. The van der Waals surface area contributed by atoms with Gasteiger partial charge in [0, 0.05) is 45.3 Å². The zero-order valence-corrected chi connectivity index (χ0v) is 17.1. The van der Waals surface area contributed by atoms with E-state index in [4.69, 9.17) is 11.6 Å². The molecule has 0 saturated carbocycles. The van der Waals surface area contributed by atoms with Crippen molar-refractivity contribution in [1.82, 2.24) is 15.6 Å². The Morgan fingerprint density at radius 3 is 2.83 bits per heavy atom. The Hall–Kier alpha value is -2.23. The van der Waals surface area contributed by atoms with Gasteiger partial charge in [0.25, 0.3) is 0 Å². The van der Waals surface area contributed by atoms with Crippen molar-refractivity contribution in [3.05, 3.63) is 22.8 Å². The number of aliphatic imine (C=N–C) groups is 1. The second-order valence-electron chi connectivity index (χ2n) is 6.64. The van der Waals surface area contributed by atoms with Crippen LogP contribution in [-0.2, 0) is 15.7 Å². The van der Waals surface area contributed by atoms with Crippen molar-refractivity contribution in [2.45, 2.75) is 37.9 Å². The van der Waals surface area contributed by atoms with Crippen LogP contribution in [0, 0.1) is 0 Å². The van der Waals surface area contributed by atoms with Crippen LogP contribution in [0.3, 0.4) is 0 Å². The number of alkyl halides is 3. The van der Waals surface area contributed by atoms with Gasteiger partial charge in [0.15, 0.2) is 5.96 Å². The molecule has 0 amide bonds. The van der Waals surface area contributed by atoms with Gasteiger partial charge < -0.3 is 20.3 Å². The average Bonchev–Trinajstić information content (AvgIpc) is 3.13. The highest BCUT2D eigenvalue weighted by Crippen LogP contribution is 2.34. The maximum absolute atomic E-state index is 12.8. The molecule has 0 spiro atoms. The number of esters is 1. The fourth-order valence-corrected chi connectivity index (χ4v) is 3.27. The molecule has 162 valence electrons. The lowest BCUT2D eigenvalue weighted by atomic mass is 10.2. The van der Waals surface area contributed by atoms with Crippen LogP contribution >= 0.6 is 11.6 Å². The van der Waals surface area contributed by atoms with E-state index in [9.17, 15) is 18.0 Å². The van der Waals surface area contributed by atoms with Gasteiger partial charge in [-0.1, -0.05) is 11.6 Å². The van der Waals surface area contributed by atoms with E-state index < -0.39 is 11.7 Å². The molecule has 2 heterocycles. The number of unbranched alkanes of at least 4 members (excludes halogenated alkanes) is 1. The molecule has 0 aliphatic carbocycles. The monoisotopic (exact) mass is 435 g/mol. The third kappa shape index (κ3) is 6.95. The third-order valence-electron chi connectivity index (χ3n) is 4.53. The standard InChI is InChI=1S/C18H25ClF3N5O2/c1-23-17(24-7-4-3-5-15(28)29-2)26-13-6-8-27(11-13)16-14(19)9-12(10-25-16)18(20,21)22/h9-10,13H,3-8,11H2,1-2H3,(H2,23,24,26). The Labute approximate surface area is 172 Å². The molecule has 1 atom stereocenters. The van der Waals surface area contributed by atoms with E-state index in [-0.39, 0.29) is 17.0 Å². The maximum Gasteiger partial charge on any atom is 0.417 e. The SMILES string of the molecule is CN=C(NCCCCC(=O)OC)NC1CCN(c2ncc(C(F)(F)F)cc2Cl)C1. The fraction of sp³-hybridized carbons (Fsp3) is 0.611. The first-order valence-corrected chi connectivity index (χ1v) is 9.64. The first kappa shape index (κ1) is 23.1. The summed E-state index contributed by atoms with van der Waals surface area (Å²) < 4.78 is 42.9. The van der Waals surface area contributed by atoms with E-state index in [2.05, 4.69) is 25.3 Å². The van der Waals surface area contributed by atoms with Gasteiger partial charge in [0.2, 0.25) is 0 Å². The molecule has 1 aromatic rings. The molecule has 7 nitrogen and oxygen atoms in total. The summed E-state index contributed by atoms with van der Waals surface area (Å²) in [6.07, 6.45) is -1.02. The molecule has 29 heavy (non-hydrogen) atoms. The Balaban J connectivity index is 1.82. The van der Waals surface area contributed by atoms with Crippen molar-refractivity contribution in [2.24, 2.45) is 4.99 Å². The largest absolute Gasteiger partial charge is 0.469 e. The Kier molecular flexibility index (Phi) is 8.36. The number of rotatable bonds is 7. The molecule has 1 saturated heterocycles. The molecular weight excluding hydrogens is 411 g/mol. The second-order valence-corrected chi connectivity index (χ2v) is 7.04. The minimum atomic E-state index is -4.47. The smallest absolute Gasteiger partial charge is 0.417 e. The number of anilines is 1. The lowest BCUT2D eigenvalue weighted by molar-refractivity contribution is -0.140. The number of aromatic nitrogens is 1. The highest BCUT2D eigenvalue weighted by atomic mass is 35.5. The molecule has 1 unspecified atom stereocenters. The molecular formula is C18H25ClF3N5O2. The van der Waals surface area contributed by atoms with E-state index in [1.807, 2.05) is 4.90 Å². The lowest BCUT2D eigenvalue weighted by Gasteiger charge is -2.21. The van der Waals surface area contributed by atoms with E-state index in [0.29, 0.717) is 44.3 Å². The summed E-state index contributed by atoms with van der Waals surface area (Å²) in [7, 11) is 3.02. The minimum Gasteiger partial charge on any atom is -0.469 e. The van der Waals surface area contributed by atoms with Crippen LogP contribution in [0.15, 0.2) is 17.3 Å². The summed E-state index contributed by atoms with van der Waals surface area (Å²) in [5.41, 5.74) is -0.864. The Bertz CT molecular complexity index is 730. The van der Waals surface area contributed by atoms with Gasteiger partial charge in [-0.05, 0) is 25.3 Å². The summed E-state index contributed by atoms with van der Waals surface area (Å²) in [5, 5.41) is 6.45. The predicted octanol–water partition coefficient (Wildman–Crippen LogP) is 2.84. The number of carbonyl (C=O) groups is 1. The van der Waals surface area contributed by atoms with Crippen LogP contribution in [0.4, 0.5) is 19.0 Å². The van der Waals surface area contributed by atoms with Gasteiger partial charge in [0.05, 0.1) is 17.7 Å².